The fourth-order valence-corrected chi connectivity index (χ4v) is 3.95. The summed E-state index contributed by atoms with van der Waals surface area (Å²) in [6.45, 7) is 6.59. The molecule has 0 atom stereocenters. The maximum Gasteiger partial charge on any atom is 0.142 e. The molecule has 0 amide bonds. The third kappa shape index (κ3) is 1.98. The highest BCUT2D eigenvalue weighted by Crippen LogP contribution is 2.52. The standard InChI is InChI=1S/C23H22O/c1-22(2,3)20-14-8-9-15-21(20)23(24)18-12-6-4-10-16(18)17-11-5-7-13-19(17)23/h4-15,24H,1-3H3. The van der Waals surface area contributed by atoms with Crippen molar-refractivity contribution in [1.29, 1.82) is 0 Å². The van der Waals surface area contributed by atoms with Crippen molar-refractivity contribution < 1.29 is 5.11 Å². The second kappa shape index (κ2) is 5.06. The van der Waals surface area contributed by atoms with Crippen LogP contribution in [-0.2, 0) is 11.0 Å². The molecule has 1 N–H and O–H groups in total. The van der Waals surface area contributed by atoms with Gasteiger partial charge in [0, 0.05) is 11.1 Å². The van der Waals surface area contributed by atoms with E-state index in [1.54, 1.807) is 0 Å². The molecule has 0 unspecified atom stereocenters. The maximum atomic E-state index is 12.0. The molecule has 3 aromatic carbocycles. The van der Waals surface area contributed by atoms with Crippen LogP contribution in [0.5, 0.6) is 0 Å². The van der Waals surface area contributed by atoms with Gasteiger partial charge in [-0.1, -0.05) is 93.6 Å². The van der Waals surface area contributed by atoms with Crippen LogP contribution in [0.3, 0.4) is 0 Å². The van der Waals surface area contributed by atoms with Gasteiger partial charge in [-0.25, -0.2) is 0 Å². The van der Waals surface area contributed by atoms with Crippen molar-refractivity contribution in [2.24, 2.45) is 0 Å². The molecule has 1 heteroatoms. The van der Waals surface area contributed by atoms with Gasteiger partial charge in [0.2, 0.25) is 0 Å². The van der Waals surface area contributed by atoms with Gasteiger partial charge >= 0.3 is 0 Å². The number of fused-ring (bicyclic) bond motifs is 3. The van der Waals surface area contributed by atoms with Crippen molar-refractivity contribution in [2.45, 2.75) is 31.8 Å². The van der Waals surface area contributed by atoms with E-state index < -0.39 is 5.60 Å². The highest BCUT2D eigenvalue weighted by molar-refractivity contribution is 5.82. The van der Waals surface area contributed by atoms with E-state index in [-0.39, 0.29) is 5.41 Å². The van der Waals surface area contributed by atoms with Gasteiger partial charge in [-0.2, -0.15) is 0 Å². The number of hydrogen-bond acceptors (Lipinski definition) is 1. The van der Waals surface area contributed by atoms with Gasteiger partial charge in [0.05, 0.1) is 0 Å². The zero-order chi connectivity index (χ0) is 16.9. The Morgan fingerprint density at radius 2 is 1.04 bits per heavy atom. The normalized spacial score (nSPS) is 15.0. The smallest absolute Gasteiger partial charge is 0.142 e. The van der Waals surface area contributed by atoms with E-state index in [0.717, 1.165) is 27.8 Å². The Hall–Kier alpha value is -2.38. The lowest BCUT2D eigenvalue weighted by Crippen LogP contribution is -2.30. The Balaban J connectivity index is 2.10. The van der Waals surface area contributed by atoms with E-state index >= 15 is 0 Å². The molecule has 24 heavy (non-hydrogen) atoms. The van der Waals surface area contributed by atoms with Crippen molar-refractivity contribution in [3.05, 3.63) is 95.1 Å². The first-order chi connectivity index (χ1) is 11.4. The maximum absolute atomic E-state index is 12.0. The Bertz CT molecular complexity index is 870. The first-order valence-electron chi connectivity index (χ1n) is 8.46. The van der Waals surface area contributed by atoms with Gasteiger partial charge < -0.3 is 5.11 Å². The van der Waals surface area contributed by atoms with E-state index in [2.05, 4.69) is 63.2 Å². The van der Waals surface area contributed by atoms with Crippen molar-refractivity contribution in [3.63, 3.8) is 0 Å². The molecule has 1 nitrogen and oxygen atoms in total. The van der Waals surface area contributed by atoms with E-state index in [0.29, 0.717) is 0 Å². The van der Waals surface area contributed by atoms with Crippen LogP contribution in [0.2, 0.25) is 0 Å². The van der Waals surface area contributed by atoms with E-state index in [4.69, 9.17) is 0 Å². The first-order valence-corrected chi connectivity index (χ1v) is 8.46. The number of aliphatic hydroxyl groups is 1. The molecule has 0 radical (unpaired) electrons. The highest BCUT2D eigenvalue weighted by Gasteiger charge is 2.44. The molecule has 0 heterocycles. The van der Waals surface area contributed by atoms with Gasteiger partial charge in [-0.15, -0.1) is 0 Å². The Labute approximate surface area is 143 Å². The molecule has 4 rings (SSSR count). The van der Waals surface area contributed by atoms with Crippen LogP contribution in [0.15, 0.2) is 72.8 Å². The molecule has 0 saturated heterocycles. The largest absolute Gasteiger partial charge is 0.376 e. The molecule has 0 spiro atoms. The highest BCUT2D eigenvalue weighted by atomic mass is 16.3. The number of rotatable bonds is 1. The SMILES string of the molecule is CC(C)(C)c1ccccc1C1(O)c2ccccc2-c2ccccc21. The molecule has 3 aromatic rings. The average molecular weight is 314 g/mol. The number of benzene rings is 3. The topological polar surface area (TPSA) is 20.2 Å². The Morgan fingerprint density at radius 1 is 0.625 bits per heavy atom. The molecule has 120 valence electrons. The second-order valence-corrected chi connectivity index (χ2v) is 7.60. The Morgan fingerprint density at radius 3 is 1.54 bits per heavy atom. The molecular weight excluding hydrogens is 292 g/mol. The minimum Gasteiger partial charge on any atom is -0.376 e. The lowest BCUT2D eigenvalue weighted by molar-refractivity contribution is 0.128. The molecule has 0 aliphatic heterocycles. The van der Waals surface area contributed by atoms with Crippen LogP contribution in [0.1, 0.15) is 43.0 Å². The summed E-state index contributed by atoms with van der Waals surface area (Å²) in [5.41, 5.74) is 5.22. The summed E-state index contributed by atoms with van der Waals surface area (Å²) in [6.07, 6.45) is 0. The van der Waals surface area contributed by atoms with Crippen LogP contribution in [0.4, 0.5) is 0 Å². The van der Waals surface area contributed by atoms with Crippen molar-refractivity contribution in [3.8, 4) is 11.1 Å². The zero-order valence-corrected chi connectivity index (χ0v) is 14.4. The summed E-state index contributed by atoms with van der Waals surface area (Å²) in [4.78, 5) is 0. The lowest BCUT2D eigenvalue weighted by Gasteiger charge is -2.33. The fraction of sp³-hybridized carbons (Fsp3) is 0.217. The van der Waals surface area contributed by atoms with Crippen LogP contribution in [0.25, 0.3) is 11.1 Å². The summed E-state index contributed by atoms with van der Waals surface area (Å²) < 4.78 is 0. The molecular formula is C23H22O. The number of hydrogen-bond donors (Lipinski definition) is 1. The van der Waals surface area contributed by atoms with Gasteiger partial charge in [0.15, 0.2) is 0 Å². The quantitative estimate of drug-likeness (QED) is 0.650. The van der Waals surface area contributed by atoms with Gasteiger partial charge in [-0.3, -0.25) is 0 Å². The molecule has 0 aromatic heterocycles. The summed E-state index contributed by atoms with van der Waals surface area (Å²) >= 11 is 0. The summed E-state index contributed by atoms with van der Waals surface area (Å²) in [6, 6.07) is 24.7. The fourth-order valence-electron chi connectivity index (χ4n) is 3.95. The molecule has 0 fully saturated rings. The van der Waals surface area contributed by atoms with Crippen LogP contribution in [0, 0.1) is 0 Å². The predicted molar refractivity (Wildman–Crippen MR) is 99.1 cm³/mol. The minimum absolute atomic E-state index is 0.0429. The first kappa shape index (κ1) is 15.2. The summed E-state index contributed by atoms with van der Waals surface area (Å²) in [5.74, 6) is 0. The average Bonchev–Trinajstić information content (AvgIpc) is 2.85. The van der Waals surface area contributed by atoms with Crippen LogP contribution in [-0.4, -0.2) is 5.11 Å². The summed E-state index contributed by atoms with van der Waals surface area (Å²) in [5, 5.41) is 12.0. The second-order valence-electron chi connectivity index (χ2n) is 7.60. The van der Waals surface area contributed by atoms with Crippen LogP contribution < -0.4 is 0 Å². The van der Waals surface area contributed by atoms with Gasteiger partial charge in [-0.05, 0) is 27.7 Å². The molecule has 0 bridgehead atoms. The minimum atomic E-state index is -1.10. The molecule has 1 aliphatic carbocycles. The predicted octanol–water partition coefficient (Wildman–Crippen LogP) is 5.25. The van der Waals surface area contributed by atoms with Gasteiger partial charge in [0.25, 0.3) is 0 Å². The van der Waals surface area contributed by atoms with E-state index in [1.165, 1.54) is 5.56 Å². The van der Waals surface area contributed by atoms with Crippen molar-refractivity contribution in [2.75, 3.05) is 0 Å². The third-order valence-electron chi connectivity index (χ3n) is 5.05. The lowest BCUT2D eigenvalue weighted by atomic mass is 9.75. The molecule has 1 aliphatic rings. The summed E-state index contributed by atoms with van der Waals surface area (Å²) in [7, 11) is 0. The third-order valence-corrected chi connectivity index (χ3v) is 5.05. The monoisotopic (exact) mass is 314 g/mol. The van der Waals surface area contributed by atoms with Crippen LogP contribution >= 0.6 is 0 Å². The zero-order valence-electron chi connectivity index (χ0n) is 14.4. The van der Waals surface area contributed by atoms with E-state index in [1.807, 2.05) is 30.3 Å². The van der Waals surface area contributed by atoms with Crippen molar-refractivity contribution >= 4 is 0 Å². The van der Waals surface area contributed by atoms with Gasteiger partial charge in [0.1, 0.15) is 5.60 Å². The Kier molecular flexibility index (Phi) is 3.20. The molecule has 0 saturated carbocycles. The van der Waals surface area contributed by atoms with Crippen molar-refractivity contribution in [1.82, 2.24) is 0 Å². The van der Waals surface area contributed by atoms with E-state index in [9.17, 15) is 5.11 Å².